The van der Waals surface area contributed by atoms with Gasteiger partial charge in [-0.1, -0.05) is 31.4 Å². The van der Waals surface area contributed by atoms with E-state index >= 15 is 0 Å². The fourth-order valence-electron chi connectivity index (χ4n) is 4.15. The number of fused-ring (bicyclic) bond motifs is 1. The maximum atomic E-state index is 11.8. The van der Waals surface area contributed by atoms with E-state index in [4.69, 9.17) is 19.6 Å². The van der Waals surface area contributed by atoms with Crippen LogP contribution < -0.4 is 19.6 Å². The van der Waals surface area contributed by atoms with Gasteiger partial charge in [-0.3, -0.25) is 9.79 Å². The molecule has 0 saturated heterocycles. The highest BCUT2D eigenvalue weighted by molar-refractivity contribution is 7.07. The molecule has 1 aromatic heterocycles. The lowest BCUT2D eigenvalue weighted by Gasteiger charge is -2.18. The zero-order valence-electron chi connectivity index (χ0n) is 18.5. The highest BCUT2D eigenvalue weighted by Gasteiger charge is 2.18. The van der Waals surface area contributed by atoms with Crippen LogP contribution in [0.2, 0.25) is 0 Å². The van der Waals surface area contributed by atoms with Crippen LogP contribution in [-0.2, 0) is 4.79 Å². The van der Waals surface area contributed by atoms with Crippen molar-refractivity contribution in [3.8, 4) is 22.8 Å². The second-order valence-electron chi connectivity index (χ2n) is 8.21. The summed E-state index contributed by atoms with van der Waals surface area (Å²) in [4.78, 5) is 17.7. The molecule has 7 nitrogen and oxygen atoms in total. The zero-order chi connectivity index (χ0) is 22.6. The number of anilines is 1. The number of nitrogens with zero attached hydrogens (tertiary/aromatic N) is 3. The molecule has 0 atom stereocenters. The average Bonchev–Trinajstić information content (AvgIpc) is 3.25. The van der Waals surface area contributed by atoms with Crippen LogP contribution in [0.25, 0.3) is 11.3 Å². The number of methoxy groups -OCH3 is 1. The van der Waals surface area contributed by atoms with Crippen molar-refractivity contribution < 1.29 is 14.3 Å². The monoisotopic (exact) mass is 462 g/mol. The summed E-state index contributed by atoms with van der Waals surface area (Å²) in [5.74, 6) is 1.31. The van der Waals surface area contributed by atoms with Crippen LogP contribution >= 0.6 is 11.3 Å². The quantitative estimate of drug-likeness (QED) is 0.560. The van der Waals surface area contributed by atoms with Gasteiger partial charge in [0, 0.05) is 10.9 Å². The molecule has 1 aliphatic carbocycles. The number of aromatic nitrogens is 1. The molecule has 0 bridgehead atoms. The van der Waals surface area contributed by atoms with Crippen LogP contribution in [0.1, 0.15) is 37.7 Å². The Kier molecular flexibility index (Phi) is 6.26. The Balaban J connectivity index is 1.56. The SMILES string of the molecule is COc1cccc(C=Nn2c(-c3ccc4c(c3)NC(=O)CO4)csc2=NC2CCCCC2)c1. The molecular formula is C25H26N4O3S. The number of carbonyl (C=O) groups excluding carboxylic acids is 1. The van der Waals surface area contributed by atoms with Gasteiger partial charge in [-0.2, -0.15) is 5.10 Å². The summed E-state index contributed by atoms with van der Waals surface area (Å²) in [7, 11) is 1.65. The molecule has 1 amide bonds. The summed E-state index contributed by atoms with van der Waals surface area (Å²) >= 11 is 1.58. The highest BCUT2D eigenvalue weighted by Crippen LogP contribution is 2.33. The molecule has 8 heteroatoms. The normalized spacial score (nSPS) is 17.0. The van der Waals surface area contributed by atoms with Crippen LogP contribution in [-0.4, -0.2) is 36.6 Å². The molecular weight excluding hydrogens is 436 g/mol. The first-order valence-corrected chi connectivity index (χ1v) is 12.1. The molecule has 0 unspecified atom stereocenters. The Labute approximate surface area is 196 Å². The summed E-state index contributed by atoms with van der Waals surface area (Å²) < 4.78 is 12.7. The van der Waals surface area contributed by atoms with Crippen LogP contribution in [0.5, 0.6) is 11.5 Å². The van der Waals surface area contributed by atoms with Gasteiger partial charge in [0.05, 0.1) is 30.7 Å². The molecule has 5 rings (SSSR count). The molecule has 2 aromatic carbocycles. The standard InChI is InChI=1S/C25H26N4O3S/c1-31-20-9-5-6-17(12-20)14-26-29-22(16-33-25(29)27-19-7-3-2-4-8-19)18-10-11-23-21(13-18)28-24(30)15-32-23/h5-6,9-14,16,19H,2-4,7-8,15H2,1H3,(H,28,30). The van der Waals surface area contributed by atoms with Crippen molar-refractivity contribution in [2.75, 3.05) is 19.0 Å². The Morgan fingerprint density at radius 2 is 2.06 bits per heavy atom. The van der Waals surface area contributed by atoms with E-state index in [1.54, 1.807) is 18.4 Å². The Hall–Kier alpha value is -3.39. The van der Waals surface area contributed by atoms with Gasteiger partial charge in [0.15, 0.2) is 6.61 Å². The van der Waals surface area contributed by atoms with Gasteiger partial charge >= 0.3 is 0 Å². The Morgan fingerprint density at radius 3 is 2.91 bits per heavy atom. The van der Waals surface area contributed by atoms with Crippen molar-refractivity contribution in [1.82, 2.24) is 4.68 Å². The lowest BCUT2D eigenvalue weighted by Crippen LogP contribution is -2.25. The molecule has 33 heavy (non-hydrogen) atoms. The Bertz CT molecular complexity index is 1250. The fourth-order valence-corrected chi connectivity index (χ4v) is 5.06. The number of nitrogens with one attached hydrogen (secondary N) is 1. The van der Waals surface area contributed by atoms with Crippen molar-refractivity contribution in [3.05, 3.63) is 58.2 Å². The average molecular weight is 463 g/mol. The van der Waals surface area contributed by atoms with Crippen molar-refractivity contribution in [2.45, 2.75) is 38.1 Å². The number of amides is 1. The van der Waals surface area contributed by atoms with Gasteiger partial charge in [0.25, 0.3) is 5.91 Å². The van der Waals surface area contributed by atoms with Gasteiger partial charge in [0.1, 0.15) is 11.5 Å². The predicted octanol–water partition coefficient (Wildman–Crippen LogP) is 4.67. The van der Waals surface area contributed by atoms with E-state index < -0.39 is 0 Å². The first-order valence-electron chi connectivity index (χ1n) is 11.2. The minimum Gasteiger partial charge on any atom is -0.497 e. The van der Waals surface area contributed by atoms with E-state index in [-0.39, 0.29) is 12.5 Å². The number of hydrogen-bond acceptors (Lipinski definition) is 6. The minimum atomic E-state index is -0.151. The first kappa shape index (κ1) is 21.5. The van der Waals surface area contributed by atoms with Crippen molar-refractivity contribution in [2.24, 2.45) is 10.1 Å². The van der Waals surface area contributed by atoms with Crippen molar-refractivity contribution >= 4 is 29.1 Å². The van der Waals surface area contributed by atoms with E-state index in [2.05, 4.69) is 10.7 Å². The van der Waals surface area contributed by atoms with Crippen LogP contribution in [0.3, 0.4) is 0 Å². The van der Waals surface area contributed by atoms with Gasteiger partial charge in [-0.15, -0.1) is 11.3 Å². The third kappa shape index (κ3) is 4.85. The lowest BCUT2D eigenvalue weighted by molar-refractivity contribution is -0.118. The van der Waals surface area contributed by atoms with E-state index in [0.29, 0.717) is 17.5 Å². The molecule has 1 aliphatic heterocycles. The van der Waals surface area contributed by atoms with E-state index in [0.717, 1.165) is 40.2 Å². The fraction of sp³-hybridized carbons (Fsp3) is 0.320. The molecule has 0 radical (unpaired) electrons. The second-order valence-corrected chi connectivity index (χ2v) is 9.04. The van der Waals surface area contributed by atoms with Gasteiger partial charge < -0.3 is 14.8 Å². The van der Waals surface area contributed by atoms with Crippen LogP contribution in [0, 0.1) is 0 Å². The van der Waals surface area contributed by atoms with Crippen LogP contribution in [0.4, 0.5) is 5.69 Å². The molecule has 170 valence electrons. The highest BCUT2D eigenvalue weighted by atomic mass is 32.1. The number of carbonyl (C=O) groups is 1. The lowest BCUT2D eigenvalue weighted by atomic mass is 9.96. The summed E-state index contributed by atoms with van der Waals surface area (Å²) in [5.41, 5.74) is 3.46. The molecule has 2 aliphatic rings. The third-order valence-corrected chi connectivity index (χ3v) is 6.71. The molecule has 1 saturated carbocycles. The van der Waals surface area contributed by atoms with Crippen molar-refractivity contribution in [3.63, 3.8) is 0 Å². The van der Waals surface area contributed by atoms with Crippen LogP contribution in [0.15, 0.2) is 57.9 Å². The number of ether oxygens (including phenoxy) is 2. The molecule has 2 heterocycles. The molecule has 0 spiro atoms. The maximum Gasteiger partial charge on any atom is 0.262 e. The van der Waals surface area contributed by atoms with Gasteiger partial charge in [-0.05, 0) is 48.7 Å². The second kappa shape index (κ2) is 9.62. The molecule has 1 fully saturated rings. The predicted molar refractivity (Wildman–Crippen MR) is 130 cm³/mol. The van der Waals surface area contributed by atoms with Gasteiger partial charge in [0.2, 0.25) is 4.80 Å². The zero-order valence-corrected chi connectivity index (χ0v) is 19.3. The third-order valence-electron chi connectivity index (χ3n) is 5.88. The largest absolute Gasteiger partial charge is 0.497 e. The number of rotatable bonds is 5. The van der Waals surface area contributed by atoms with Crippen molar-refractivity contribution in [1.29, 1.82) is 0 Å². The summed E-state index contributed by atoms with van der Waals surface area (Å²) in [6.45, 7) is 0.0417. The molecule has 1 N–H and O–H groups in total. The maximum absolute atomic E-state index is 11.8. The number of thiazole rings is 1. The summed E-state index contributed by atoms with van der Waals surface area (Å²) in [6.07, 6.45) is 7.80. The summed E-state index contributed by atoms with van der Waals surface area (Å²) in [5, 5.41) is 9.77. The smallest absolute Gasteiger partial charge is 0.262 e. The summed E-state index contributed by atoms with van der Waals surface area (Å²) in [6, 6.07) is 13.9. The number of benzene rings is 2. The van der Waals surface area contributed by atoms with E-state index in [1.165, 1.54) is 19.3 Å². The van der Waals surface area contributed by atoms with E-state index in [1.807, 2.05) is 53.4 Å². The number of hydrogen-bond donors (Lipinski definition) is 1. The Morgan fingerprint density at radius 1 is 1.18 bits per heavy atom. The van der Waals surface area contributed by atoms with Gasteiger partial charge in [-0.25, -0.2) is 4.68 Å². The minimum absolute atomic E-state index is 0.0417. The first-order chi connectivity index (χ1) is 16.2. The molecule has 3 aromatic rings. The topological polar surface area (TPSA) is 77.2 Å². The van der Waals surface area contributed by atoms with E-state index in [9.17, 15) is 4.79 Å².